The van der Waals surface area contributed by atoms with Crippen LogP contribution in [0.5, 0.6) is 0 Å². The molecule has 45 heavy (non-hydrogen) atoms. The molecule has 0 spiro atoms. The van der Waals surface area contributed by atoms with Crippen molar-refractivity contribution in [2.75, 3.05) is 0 Å². The lowest BCUT2D eigenvalue weighted by molar-refractivity contribution is -0.126. The van der Waals surface area contributed by atoms with E-state index < -0.39 is 16.6 Å². The van der Waals surface area contributed by atoms with Crippen LogP contribution in [-0.4, -0.2) is 34.6 Å². The number of allylic oxidation sites excluding steroid dienone is 5. The molecule has 0 aromatic carbocycles. The van der Waals surface area contributed by atoms with E-state index >= 15 is 0 Å². The maximum absolute atomic E-state index is 12.5. The first-order valence-electron chi connectivity index (χ1n) is 18.1. The van der Waals surface area contributed by atoms with E-state index in [0.717, 1.165) is 32.1 Å². The Morgan fingerprint density at radius 1 is 0.956 bits per heavy atom. The number of carbonyl (C=O) groups is 1. The summed E-state index contributed by atoms with van der Waals surface area (Å²) >= 11 is 0. The van der Waals surface area contributed by atoms with Gasteiger partial charge in [0, 0.05) is 18.3 Å². The zero-order valence-electron chi connectivity index (χ0n) is 31.9. The predicted octanol–water partition coefficient (Wildman–Crippen LogP) is 12.1. The third-order valence-corrected chi connectivity index (χ3v) is 21.2. The lowest BCUT2D eigenvalue weighted by Crippen LogP contribution is -2.49. The highest BCUT2D eigenvalue weighted by Crippen LogP contribution is 2.49. The fourth-order valence-electron chi connectivity index (χ4n) is 6.95. The van der Waals surface area contributed by atoms with Crippen molar-refractivity contribution in [1.82, 2.24) is 0 Å². The van der Waals surface area contributed by atoms with E-state index in [0.29, 0.717) is 30.0 Å². The summed E-state index contributed by atoms with van der Waals surface area (Å²) in [5.41, 5.74) is 5.54. The van der Waals surface area contributed by atoms with Gasteiger partial charge in [0.05, 0.1) is 12.2 Å². The summed E-state index contributed by atoms with van der Waals surface area (Å²) in [5, 5.41) is 0.322. The molecule has 3 aliphatic rings. The molecule has 256 valence electrons. The summed E-state index contributed by atoms with van der Waals surface area (Å²) in [6, 6.07) is 0. The fraction of sp³-hybridized carbons (Fsp3) is 0.775. The third kappa shape index (κ3) is 9.54. The highest BCUT2D eigenvalue weighted by atomic mass is 28.4. The second kappa shape index (κ2) is 14.2. The molecular formula is C40H70O3Si2. The third-order valence-electron chi connectivity index (χ3n) is 12.2. The Morgan fingerprint density at radius 2 is 1.56 bits per heavy atom. The molecule has 0 heterocycles. The van der Waals surface area contributed by atoms with Crippen LogP contribution in [0, 0.1) is 23.2 Å². The first-order chi connectivity index (χ1) is 20.4. The molecule has 5 heteroatoms. The second-order valence-corrected chi connectivity index (χ2v) is 28.3. The number of hydrogen-bond acceptors (Lipinski definition) is 3. The SMILES string of the molecule is C=C1/C(=C\C=C2/CCC[C@@H]3C([C@H](C)CCCC(=O)C(C)(C)C)=CC[C@@H]23)C[C@@H](O[Si](C)(C)C(C)(C)C)C[C@@H]1O[Si](C)(C)C(C)(C)C. The van der Waals surface area contributed by atoms with Gasteiger partial charge in [0.2, 0.25) is 0 Å². The van der Waals surface area contributed by atoms with Crippen molar-refractivity contribution in [2.24, 2.45) is 23.2 Å². The molecule has 0 aliphatic heterocycles. The van der Waals surface area contributed by atoms with Crippen molar-refractivity contribution >= 4 is 22.4 Å². The van der Waals surface area contributed by atoms with Gasteiger partial charge in [0.15, 0.2) is 16.6 Å². The first-order valence-corrected chi connectivity index (χ1v) is 23.9. The van der Waals surface area contributed by atoms with Crippen molar-refractivity contribution in [3.8, 4) is 0 Å². The van der Waals surface area contributed by atoms with Gasteiger partial charge in [0.1, 0.15) is 5.78 Å². The summed E-state index contributed by atoms with van der Waals surface area (Å²) in [5.74, 6) is 2.24. The molecule has 2 saturated carbocycles. The Hall–Kier alpha value is -1.02. The number of fused-ring (bicyclic) bond motifs is 1. The standard InChI is InChI=1S/C40H70O3Si2/c1-28(18-16-21-37(41)38(3,4)5)33-24-25-34-30(19-17-20-35(33)34)22-23-31-26-32(42-44(12,13)39(6,7)8)27-36(29(31)2)43-45(14,15)40(9,10)11/h22-24,28,32,34-36H,2,16-21,25-27H2,1,3-15H3/b30-22+,31-23-/t28-,32-,34+,35-,36+/m1/s1. The van der Waals surface area contributed by atoms with Gasteiger partial charge in [-0.1, -0.05) is 105 Å². The van der Waals surface area contributed by atoms with Gasteiger partial charge in [-0.05, 0) is 110 Å². The van der Waals surface area contributed by atoms with Crippen LogP contribution >= 0.6 is 0 Å². The van der Waals surface area contributed by atoms with Crippen LogP contribution in [0.1, 0.15) is 127 Å². The Balaban J connectivity index is 1.80. The van der Waals surface area contributed by atoms with E-state index in [9.17, 15) is 4.79 Å². The first kappa shape index (κ1) is 38.4. The van der Waals surface area contributed by atoms with E-state index in [2.05, 4.69) is 99.5 Å². The molecule has 0 aromatic rings. The topological polar surface area (TPSA) is 35.5 Å². The zero-order chi connectivity index (χ0) is 34.2. The Bertz CT molecular complexity index is 1170. The van der Waals surface area contributed by atoms with Gasteiger partial charge in [-0.15, -0.1) is 0 Å². The number of Topliss-reactive ketones (excluding diaryl/α,β-unsaturated/α-hetero) is 1. The maximum Gasteiger partial charge on any atom is 0.192 e. The van der Waals surface area contributed by atoms with E-state index in [1.165, 1.54) is 30.4 Å². The number of rotatable bonds is 10. The number of ketones is 1. The molecule has 0 amide bonds. The molecule has 0 aromatic heterocycles. The highest BCUT2D eigenvalue weighted by Gasteiger charge is 2.45. The summed E-state index contributed by atoms with van der Waals surface area (Å²) in [7, 11) is -3.91. The van der Waals surface area contributed by atoms with Gasteiger partial charge in [-0.2, -0.15) is 0 Å². The van der Waals surface area contributed by atoms with E-state index in [-0.39, 0.29) is 27.7 Å². The minimum Gasteiger partial charge on any atom is -0.413 e. The largest absolute Gasteiger partial charge is 0.413 e. The molecule has 5 atom stereocenters. The lowest BCUT2D eigenvalue weighted by Gasteiger charge is -2.45. The second-order valence-electron chi connectivity index (χ2n) is 18.8. The smallest absolute Gasteiger partial charge is 0.192 e. The lowest BCUT2D eigenvalue weighted by atomic mass is 9.72. The summed E-state index contributed by atoms with van der Waals surface area (Å²) < 4.78 is 14.1. The Labute approximate surface area is 281 Å². The Kier molecular flexibility index (Phi) is 12.1. The van der Waals surface area contributed by atoms with Crippen LogP contribution in [0.15, 0.2) is 47.1 Å². The Morgan fingerprint density at radius 3 is 2.13 bits per heavy atom. The van der Waals surface area contributed by atoms with E-state index in [4.69, 9.17) is 8.85 Å². The van der Waals surface area contributed by atoms with Gasteiger partial charge in [-0.25, -0.2) is 0 Å². The van der Waals surface area contributed by atoms with Gasteiger partial charge < -0.3 is 8.85 Å². The highest BCUT2D eigenvalue weighted by molar-refractivity contribution is 6.74. The van der Waals surface area contributed by atoms with Crippen LogP contribution in [0.2, 0.25) is 36.3 Å². The van der Waals surface area contributed by atoms with Crippen LogP contribution < -0.4 is 0 Å². The summed E-state index contributed by atoms with van der Waals surface area (Å²) in [6.45, 7) is 36.6. The zero-order valence-corrected chi connectivity index (χ0v) is 33.9. The summed E-state index contributed by atoms with van der Waals surface area (Å²) in [4.78, 5) is 12.5. The monoisotopic (exact) mass is 654 g/mol. The molecule has 2 fully saturated rings. The molecule has 0 radical (unpaired) electrons. The quantitative estimate of drug-likeness (QED) is 0.174. The molecular weight excluding hydrogens is 585 g/mol. The molecule has 0 unspecified atom stereocenters. The average Bonchev–Trinajstić information content (AvgIpc) is 3.32. The van der Waals surface area contributed by atoms with Gasteiger partial charge in [0.25, 0.3) is 0 Å². The minimum atomic E-state index is -1.98. The molecule has 0 saturated heterocycles. The fourth-order valence-corrected chi connectivity index (χ4v) is 9.62. The van der Waals surface area contributed by atoms with Crippen LogP contribution in [0.3, 0.4) is 0 Å². The molecule has 3 nitrogen and oxygen atoms in total. The van der Waals surface area contributed by atoms with Crippen molar-refractivity contribution in [1.29, 1.82) is 0 Å². The maximum atomic E-state index is 12.5. The molecule has 0 N–H and O–H groups in total. The van der Waals surface area contributed by atoms with Crippen molar-refractivity contribution < 1.29 is 13.6 Å². The van der Waals surface area contributed by atoms with Crippen LogP contribution in [0.25, 0.3) is 0 Å². The van der Waals surface area contributed by atoms with Crippen LogP contribution in [0.4, 0.5) is 0 Å². The number of hydrogen-bond donors (Lipinski definition) is 0. The van der Waals surface area contributed by atoms with Crippen molar-refractivity contribution in [3.05, 3.63) is 47.1 Å². The van der Waals surface area contributed by atoms with Crippen molar-refractivity contribution in [2.45, 2.75) is 175 Å². The van der Waals surface area contributed by atoms with E-state index in [1.807, 2.05) is 20.8 Å². The molecule has 3 aliphatic carbocycles. The van der Waals surface area contributed by atoms with Gasteiger partial charge >= 0.3 is 0 Å². The van der Waals surface area contributed by atoms with Gasteiger partial charge in [-0.3, -0.25) is 4.79 Å². The summed E-state index contributed by atoms with van der Waals surface area (Å²) in [6.07, 6.45) is 17.2. The van der Waals surface area contributed by atoms with Crippen LogP contribution in [-0.2, 0) is 13.6 Å². The van der Waals surface area contributed by atoms with E-state index in [1.54, 1.807) is 11.1 Å². The predicted molar refractivity (Wildman–Crippen MR) is 200 cm³/mol. The number of carbonyl (C=O) groups excluding carboxylic acids is 1. The normalized spacial score (nSPS) is 28.0. The van der Waals surface area contributed by atoms with Crippen molar-refractivity contribution in [3.63, 3.8) is 0 Å². The molecule has 0 bridgehead atoms. The minimum absolute atomic E-state index is 0.0175. The average molecular weight is 655 g/mol. The molecule has 3 rings (SSSR count).